The van der Waals surface area contributed by atoms with Crippen LogP contribution < -0.4 is 5.73 Å². The van der Waals surface area contributed by atoms with Gasteiger partial charge in [0.25, 0.3) is 0 Å². The molecule has 0 saturated carbocycles. The molecule has 2 heterocycles. The third kappa shape index (κ3) is 3.22. The molecule has 0 radical (unpaired) electrons. The lowest BCUT2D eigenvalue weighted by molar-refractivity contribution is -0.0377. The minimum Gasteiger partial charge on any atom is -0.405 e. The van der Waals surface area contributed by atoms with Crippen LogP contribution in [-0.2, 0) is 14.2 Å². The zero-order valence-electron chi connectivity index (χ0n) is 12.9. The third-order valence-corrected chi connectivity index (χ3v) is 4.21. The Bertz CT molecular complexity index is 380. The summed E-state index contributed by atoms with van der Waals surface area (Å²) in [5.41, 5.74) is 5.46. The predicted octanol–water partition coefficient (Wildman–Crippen LogP) is 2.36. The summed E-state index contributed by atoms with van der Waals surface area (Å²) in [6, 6.07) is 0. The predicted molar refractivity (Wildman–Crippen MR) is 78.5 cm³/mol. The second kappa shape index (κ2) is 5.84. The van der Waals surface area contributed by atoms with Crippen LogP contribution in [0.5, 0.6) is 0 Å². The number of ether oxygens (including phenoxy) is 3. The molecule has 2 aliphatic heterocycles. The molecule has 20 heavy (non-hydrogen) atoms. The smallest absolute Gasteiger partial charge is 0.202 e. The first-order valence-electron chi connectivity index (χ1n) is 7.29. The van der Waals surface area contributed by atoms with E-state index in [-0.39, 0.29) is 17.4 Å². The summed E-state index contributed by atoms with van der Waals surface area (Å²) in [5, 5.41) is 0. The van der Waals surface area contributed by atoms with Crippen molar-refractivity contribution < 1.29 is 14.2 Å². The van der Waals surface area contributed by atoms with Crippen molar-refractivity contribution in [3.05, 3.63) is 12.3 Å². The molecule has 0 aromatic rings. The van der Waals surface area contributed by atoms with Crippen molar-refractivity contribution in [2.45, 2.75) is 70.7 Å². The molecule has 2 N–H and O–H groups in total. The number of rotatable bonds is 3. The Hall–Kier alpha value is -0.910. The van der Waals surface area contributed by atoms with E-state index in [2.05, 4.69) is 4.99 Å². The van der Waals surface area contributed by atoms with E-state index < -0.39 is 6.29 Å². The van der Waals surface area contributed by atoms with Crippen LogP contribution in [0.3, 0.4) is 0 Å². The first-order valence-corrected chi connectivity index (χ1v) is 7.29. The van der Waals surface area contributed by atoms with Crippen molar-refractivity contribution in [2.75, 3.05) is 6.61 Å². The Morgan fingerprint density at radius 2 is 1.80 bits per heavy atom. The second-order valence-corrected chi connectivity index (χ2v) is 6.32. The highest BCUT2D eigenvalue weighted by Gasteiger charge is 2.50. The van der Waals surface area contributed by atoms with E-state index in [1.165, 1.54) is 6.20 Å². The molecule has 1 unspecified atom stereocenters. The van der Waals surface area contributed by atoms with Gasteiger partial charge in [0.15, 0.2) is 0 Å². The largest absolute Gasteiger partial charge is 0.405 e. The topological polar surface area (TPSA) is 66.1 Å². The fraction of sp³-hybridized carbons (Fsp3) is 0.800. The van der Waals surface area contributed by atoms with Crippen LogP contribution >= 0.6 is 0 Å². The van der Waals surface area contributed by atoms with Crippen LogP contribution in [0.15, 0.2) is 17.3 Å². The SMILES string of the molecule is CC1(C)OC(C(/C=C\N)=N\C2CCCCO2)OC1(C)C. The highest BCUT2D eigenvalue weighted by atomic mass is 16.7. The molecule has 1 atom stereocenters. The minimum absolute atomic E-state index is 0.117. The molecule has 0 aromatic heterocycles. The highest BCUT2D eigenvalue weighted by Crippen LogP contribution is 2.38. The summed E-state index contributed by atoms with van der Waals surface area (Å²) in [7, 11) is 0. The maximum absolute atomic E-state index is 6.00. The van der Waals surface area contributed by atoms with Crippen molar-refractivity contribution >= 4 is 5.71 Å². The van der Waals surface area contributed by atoms with Crippen LogP contribution in [-0.4, -0.2) is 36.0 Å². The standard InChI is InChI=1S/C15H26N2O3/c1-14(2)15(3,4)20-13(19-14)11(8-9-16)17-12-7-5-6-10-18-12/h8-9,12-13H,5-7,10,16H2,1-4H3/b9-8-,17-11-. The summed E-state index contributed by atoms with van der Waals surface area (Å²) < 4.78 is 17.7. The molecule has 2 aliphatic rings. The lowest BCUT2D eigenvalue weighted by Gasteiger charge is -2.30. The van der Waals surface area contributed by atoms with Crippen LogP contribution in [0.25, 0.3) is 0 Å². The summed E-state index contributed by atoms with van der Waals surface area (Å²) in [4.78, 5) is 4.62. The van der Waals surface area contributed by atoms with Crippen LogP contribution in [0.2, 0.25) is 0 Å². The number of nitrogens with zero attached hydrogens (tertiary/aromatic N) is 1. The van der Waals surface area contributed by atoms with Crippen molar-refractivity contribution in [3.63, 3.8) is 0 Å². The van der Waals surface area contributed by atoms with Crippen molar-refractivity contribution in [1.29, 1.82) is 0 Å². The van der Waals surface area contributed by atoms with E-state index in [4.69, 9.17) is 19.9 Å². The van der Waals surface area contributed by atoms with Gasteiger partial charge < -0.3 is 19.9 Å². The van der Waals surface area contributed by atoms with E-state index in [9.17, 15) is 0 Å². The average molecular weight is 282 g/mol. The summed E-state index contributed by atoms with van der Waals surface area (Å²) in [5.74, 6) is 0. The van der Waals surface area contributed by atoms with Gasteiger partial charge in [-0.1, -0.05) is 0 Å². The average Bonchev–Trinajstić information content (AvgIpc) is 2.59. The maximum Gasteiger partial charge on any atom is 0.202 e. The van der Waals surface area contributed by atoms with Gasteiger partial charge in [-0.3, -0.25) is 4.99 Å². The molecule has 114 valence electrons. The lowest BCUT2D eigenvalue weighted by atomic mass is 9.90. The second-order valence-electron chi connectivity index (χ2n) is 6.32. The van der Waals surface area contributed by atoms with Gasteiger partial charge in [0, 0.05) is 6.61 Å². The lowest BCUT2D eigenvalue weighted by Crippen LogP contribution is -2.41. The van der Waals surface area contributed by atoms with E-state index in [1.54, 1.807) is 6.08 Å². The van der Waals surface area contributed by atoms with Crippen molar-refractivity contribution in [2.24, 2.45) is 10.7 Å². The molecule has 2 fully saturated rings. The Morgan fingerprint density at radius 3 is 2.30 bits per heavy atom. The first-order chi connectivity index (χ1) is 9.36. The Kier molecular flexibility index (Phi) is 4.52. The maximum atomic E-state index is 6.00. The number of hydrogen-bond donors (Lipinski definition) is 1. The molecule has 0 aliphatic carbocycles. The Morgan fingerprint density at radius 1 is 1.15 bits per heavy atom. The van der Waals surface area contributed by atoms with E-state index in [1.807, 2.05) is 27.7 Å². The quantitative estimate of drug-likeness (QED) is 0.807. The highest BCUT2D eigenvalue weighted by molar-refractivity contribution is 5.98. The molecular formula is C15H26N2O3. The van der Waals surface area contributed by atoms with Gasteiger partial charge in [-0.05, 0) is 59.2 Å². The molecule has 5 nitrogen and oxygen atoms in total. The fourth-order valence-corrected chi connectivity index (χ4v) is 2.24. The normalized spacial score (nSPS) is 31.0. The molecule has 0 bridgehead atoms. The Balaban J connectivity index is 2.15. The van der Waals surface area contributed by atoms with Crippen LogP contribution in [0.4, 0.5) is 0 Å². The molecule has 0 aromatic carbocycles. The molecule has 2 rings (SSSR count). The minimum atomic E-state index is -0.495. The number of nitrogens with two attached hydrogens (primary N) is 1. The van der Waals surface area contributed by atoms with Crippen molar-refractivity contribution in [1.82, 2.24) is 0 Å². The van der Waals surface area contributed by atoms with Gasteiger partial charge in [0.2, 0.25) is 6.29 Å². The first kappa shape index (κ1) is 15.5. The van der Waals surface area contributed by atoms with Gasteiger partial charge in [0.1, 0.15) is 6.23 Å². The fourth-order valence-electron chi connectivity index (χ4n) is 2.24. The molecular weight excluding hydrogens is 256 g/mol. The number of aliphatic imine (C=N–C) groups is 1. The number of hydrogen-bond acceptors (Lipinski definition) is 5. The zero-order chi connectivity index (χ0) is 14.8. The Labute approximate surface area is 121 Å². The van der Waals surface area contributed by atoms with E-state index in [0.29, 0.717) is 5.71 Å². The van der Waals surface area contributed by atoms with Crippen molar-refractivity contribution in [3.8, 4) is 0 Å². The zero-order valence-corrected chi connectivity index (χ0v) is 12.9. The summed E-state index contributed by atoms with van der Waals surface area (Å²) in [6.45, 7) is 8.85. The molecule has 0 spiro atoms. The van der Waals surface area contributed by atoms with Gasteiger partial charge in [-0.15, -0.1) is 0 Å². The van der Waals surface area contributed by atoms with Crippen LogP contribution in [0, 0.1) is 0 Å². The van der Waals surface area contributed by atoms with Gasteiger partial charge in [-0.25, -0.2) is 0 Å². The van der Waals surface area contributed by atoms with E-state index in [0.717, 1.165) is 25.9 Å². The van der Waals surface area contributed by atoms with Gasteiger partial charge >= 0.3 is 0 Å². The monoisotopic (exact) mass is 282 g/mol. The van der Waals surface area contributed by atoms with Gasteiger partial charge in [-0.2, -0.15) is 0 Å². The summed E-state index contributed by atoms with van der Waals surface area (Å²) in [6.07, 6.45) is 5.76. The van der Waals surface area contributed by atoms with E-state index >= 15 is 0 Å². The van der Waals surface area contributed by atoms with Gasteiger partial charge in [0.05, 0.1) is 16.9 Å². The van der Waals surface area contributed by atoms with Crippen LogP contribution in [0.1, 0.15) is 47.0 Å². The summed E-state index contributed by atoms with van der Waals surface area (Å²) >= 11 is 0. The molecule has 5 heteroatoms. The molecule has 2 saturated heterocycles. The molecule has 0 amide bonds. The third-order valence-electron chi connectivity index (χ3n) is 4.21.